The van der Waals surface area contributed by atoms with Crippen molar-refractivity contribution in [3.63, 3.8) is 0 Å². The number of carbonyl (C=O) groups excluding carboxylic acids is 1. The quantitative estimate of drug-likeness (QED) is 0.298. The smallest absolute Gasteiger partial charge is 0.359 e. The summed E-state index contributed by atoms with van der Waals surface area (Å²) in [6.07, 6.45) is 0.828. The van der Waals surface area contributed by atoms with Crippen LogP contribution in [0.3, 0.4) is 0 Å². The third kappa shape index (κ3) is 5.55. The fourth-order valence-electron chi connectivity index (χ4n) is 5.11. The number of hydrogen-bond donors (Lipinski definition) is 2. The molecule has 2 aromatic heterocycles. The third-order valence-corrected chi connectivity index (χ3v) is 8.32. The number of aromatic nitrogens is 2. The topological polar surface area (TPSA) is 137 Å². The largest absolute Gasteiger partial charge is 0.381 e. The average molecular weight is 616 g/mol. The molecule has 0 atom stereocenters. The van der Waals surface area contributed by atoms with Gasteiger partial charge in [-0.15, -0.1) is 0 Å². The Morgan fingerprint density at radius 3 is 2.35 bits per heavy atom. The lowest BCUT2D eigenvalue weighted by Gasteiger charge is -2.43. The molecule has 1 saturated heterocycles. The Hall–Kier alpha value is -4.43. The number of anilines is 2. The lowest BCUT2D eigenvalue weighted by atomic mass is 10.00. The second kappa shape index (κ2) is 11.0. The first-order valence-corrected chi connectivity index (χ1v) is 14.7. The summed E-state index contributed by atoms with van der Waals surface area (Å²) in [4.78, 5) is 31.9. The van der Waals surface area contributed by atoms with Gasteiger partial charge in [-0.1, -0.05) is 31.5 Å². The molecule has 226 valence electrons. The number of pyridine rings is 2. The van der Waals surface area contributed by atoms with E-state index in [1.165, 1.54) is 31.2 Å². The van der Waals surface area contributed by atoms with Crippen LogP contribution in [-0.4, -0.2) is 49.1 Å². The first kappa shape index (κ1) is 30.0. The van der Waals surface area contributed by atoms with Crippen LogP contribution in [-0.2, 0) is 14.3 Å². The van der Waals surface area contributed by atoms with Crippen LogP contribution in [0, 0.1) is 31.3 Å². The van der Waals surface area contributed by atoms with Crippen molar-refractivity contribution < 1.29 is 30.6 Å². The van der Waals surface area contributed by atoms with Gasteiger partial charge in [-0.2, -0.15) is 8.42 Å². The summed E-state index contributed by atoms with van der Waals surface area (Å²) < 4.78 is 76.1. The Kier molecular flexibility index (Phi) is 7.69. The van der Waals surface area contributed by atoms with Gasteiger partial charge < -0.3 is 20.1 Å². The summed E-state index contributed by atoms with van der Waals surface area (Å²) >= 11 is 0. The Labute approximate surface area is 245 Å². The van der Waals surface area contributed by atoms with Crippen molar-refractivity contribution in [3.05, 3.63) is 87.0 Å². The monoisotopic (exact) mass is 615 g/mol. The summed E-state index contributed by atoms with van der Waals surface area (Å²) in [5.41, 5.74) is 4.72. The summed E-state index contributed by atoms with van der Waals surface area (Å²) in [6.45, 7) is 8.09. The highest BCUT2D eigenvalue weighted by Gasteiger charge is 2.33. The Morgan fingerprint density at radius 1 is 1.07 bits per heavy atom. The molecule has 3 heterocycles. The molecule has 3 N–H and O–H groups in total. The predicted octanol–water partition coefficient (Wildman–Crippen LogP) is 3.73. The number of benzene rings is 2. The van der Waals surface area contributed by atoms with E-state index in [1.54, 1.807) is 11.8 Å². The lowest BCUT2D eigenvalue weighted by Crippen LogP contribution is -2.60. The van der Waals surface area contributed by atoms with E-state index < -0.39 is 56.2 Å². The van der Waals surface area contributed by atoms with E-state index in [9.17, 15) is 22.4 Å². The molecular formula is C29H28F3N5O5S. The van der Waals surface area contributed by atoms with Crippen LogP contribution < -0.4 is 21.4 Å². The normalized spacial score (nSPS) is 13.9. The molecule has 0 amide bonds. The minimum atomic E-state index is -4.68. The molecule has 4 aromatic rings. The van der Waals surface area contributed by atoms with Gasteiger partial charge in [-0.25, -0.2) is 22.9 Å². The van der Waals surface area contributed by atoms with Gasteiger partial charge in [0.1, 0.15) is 16.3 Å². The van der Waals surface area contributed by atoms with Crippen LogP contribution >= 0.6 is 0 Å². The SMILES string of the molecule is Cc1ccc(S(=O)(=O)OC(=O)c2cn(-c3nc(N)c(F)cc3F)c3c(C)c(N4CC(NC(C)C)C4)c(F)cc3c2=O)cc1. The van der Waals surface area contributed by atoms with E-state index in [0.717, 1.165) is 22.4 Å². The van der Waals surface area contributed by atoms with Gasteiger partial charge in [-0.3, -0.25) is 9.36 Å². The number of aryl methyl sites for hydroxylation is 2. The number of rotatable bonds is 7. The third-order valence-electron chi connectivity index (χ3n) is 7.10. The highest BCUT2D eigenvalue weighted by Crippen LogP contribution is 2.35. The van der Waals surface area contributed by atoms with Crippen molar-refractivity contribution in [2.45, 2.75) is 44.7 Å². The minimum absolute atomic E-state index is 0.0444. The molecule has 0 spiro atoms. The van der Waals surface area contributed by atoms with Crippen LogP contribution in [0.1, 0.15) is 35.3 Å². The number of nitrogen functional groups attached to an aromatic ring is 1. The van der Waals surface area contributed by atoms with Gasteiger partial charge in [0.2, 0.25) is 5.43 Å². The first-order valence-electron chi connectivity index (χ1n) is 13.2. The number of halogens is 3. The fraction of sp³-hybridized carbons (Fsp3) is 0.276. The van der Waals surface area contributed by atoms with Crippen molar-refractivity contribution in [2.24, 2.45) is 0 Å². The zero-order valence-electron chi connectivity index (χ0n) is 23.6. The Bertz CT molecular complexity index is 1940. The number of nitrogens with one attached hydrogen (secondary N) is 1. The van der Waals surface area contributed by atoms with Crippen molar-refractivity contribution in [1.29, 1.82) is 0 Å². The van der Waals surface area contributed by atoms with Crippen molar-refractivity contribution in [2.75, 3.05) is 23.7 Å². The maximum atomic E-state index is 15.6. The predicted molar refractivity (Wildman–Crippen MR) is 154 cm³/mol. The van der Waals surface area contributed by atoms with E-state index in [-0.39, 0.29) is 39.1 Å². The Balaban J connectivity index is 1.69. The molecule has 0 saturated carbocycles. The van der Waals surface area contributed by atoms with E-state index in [2.05, 4.69) is 10.3 Å². The highest BCUT2D eigenvalue weighted by molar-refractivity contribution is 7.87. The molecule has 0 radical (unpaired) electrons. The second-order valence-electron chi connectivity index (χ2n) is 10.7. The molecule has 0 aliphatic carbocycles. The molecule has 14 heteroatoms. The summed E-state index contributed by atoms with van der Waals surface area (Å²) in [6, 6.07) is 7.04. The summed E-state index contributed by atoms with van der Waals surface area (Å²) in [5.74, 6) is -6.03. The summed E-state index contributed by atoms with van der Waals surface area (Å²) in [5, 5.41) is 2.96. The minimum Gasteiger partial charge on any atom is -0.381 e. The molecule has 0 bridgehead atoms. The zero-order chi connectivity index (χ0) is 31.4. The fourth-order valence-corrected chi connectivity index (χ4v) is 5.97. The van der Waals surface area contributed by atoms with Crippen LogP contribution in [0.25, 0.3) is 16.7 Å². The van der Waals surface area contributed by atoms with Gasteiger partial charge in [-0.05, 0) is 32.0 Å². The lowest BCUT2D eigenvalue weighted by molar-refractivity contribution is 0.0745. The van der Waals surface area contributed by atoms with Gasteiger partial charge in [0.15, 0.2) is 23.3 Å². The van der Waals surface area contributed by atoms with Gasteiger partial charge in [0.25, 0.3) is 0 Å². The number of carbonyl (C=O) groups is 1. The van der Waals surface area contributed by atoms with Crippen molar-refractivity contribution >= 4 is 38.5 Å². The van der Waals surface area contributed by atoms with Gasteiger partial charge in [0, 0.05) is 43.0 Å². The van der Waals surface area contributed by atoms with Crippen molar-refractivity contribution in [1.82, 2.24) is 14.9 Å². The first-order chi connectivity index (χ1) is 20.2. The standard InChI is InChI=1S/C29H28F3N5O5S/c1-14(2)34-17-11-36(12-17)25-16(4)24-19(9-21(25)30)26(38)20(13-37(24)28-23(32)10-22(31)27(33)35-28)29(39)42-43(40,41)18-7-5-15(3)6-8-18/h5-10,13-14,17,34H,11-12H2,1-4H3,(H2,33,35). The zero-order valence-corrected chi connectivity index (χ0v) is 24.4. The molecule has 5 rings (SSSR count). The van der Waals surface area contributed by atoms with Crippen LogP contribution in [0.5, 0.6) is 0 Å². The Morgan fingerprint density at radius 2 is 1.72 bits per heavy atom. The number of nitrogens with two attached hydrogens (primary N) is 1. The van der Waals surface area contributed by atoms with Crippen LogP contribution in [0.15, 0.2) is 52.3 Å². The number of fused-ring (bicyclic) bond motifs is 1. The van der Waals surface area contributed by atoms with Crippen LogP contribution in [0.4, 0.5) is 24.7 Å². The molecular weight excluding hydrogens is 587 g/mol. The van der Waals surface area contributed by atoms with E-state index in [4.69, 9.17) is 9.92 Å². The number of nitrogens with zero attached hydrogens (tertiary/aromatic N) is 3. The van der Waals surface area contributed by atoms with E-state index in [1.807, 2.05) is 13.8 Å². The van der Waals surface area contributed by atoms with E-state index >= 15 is 8.78 Å². The molecule has 1 fully saturated rings. The molecule has 10 nitrogen and oxygen atoms in total. The maximum Gasteiger partial charge on any atom is 0.359 e. The average Bonchev–Trinajstić information content (AvgIpc) is 2.89. The van der Waals surface area contributed by atoms with E-state index in [0.29, 0.717) is 19.2 Å². The second-order valence-corrected chi connectivity index (χ2v) is 12.2. The van der Waals surface area contributed by atoms with Crippen LogP contribution in [0.2, 0.25) is 0 Å². The van der Waals surface area contributed by atoms with Crippen molar-refractivity contribution in [3.8, 4) is 5.82 Å². The maximum absolute atomic E-state index is 15.6. The molecule has 1 aliphatic heterocycles. The number of hydrogen-bond acceptors (Lipinski definition) is 9. The molecule has 43 heavy (non-hydrogen) atoms. The molecule has 0 unspecified atom stereocenters. The summed E-state index contributed by atoms with van der Waals surface area (Å²) in [7, 11) is -4.68. The molecule has 2 aromatic carbocycles. The van der Waals surface area contributed by atoms with Gasteiger partial charge in [0.05, 0.1) is 16.6 Å². The highest BCUT2D eigenvalue weighted by atomic mass is 32.2. The molecule has 1 aliphatic rings. The van der Waals surface area contributed by atoms with Gasteiger partial charge >= 0.3 is 16.1 Å².